The summed E-state index contributed by atoms with van der Waals surface area (Å²) in [5.74, 6) is 0. The lowest BCUT2D eigenvalue weighted by atomic mass is 10.0. The molecule has 0 aliphatic carbocycles. The van der Waals surface area contributed by atoms with Crippen molar-refractivity contribution in [2.75, 3.05) is 0 Å². The van der Waals surface area contributed by atoms with Crippen LogP contribution in [0.4, 0.5) is 0 Å². The van der Waals surface area contributed by atoms with Crippen LogP contribution < -0.4 is 0 Å². The summed E-state index contributed by atoms with van der Waals surface area (Å²) in [6, 6.07) is 8.49. The number of rotatable bonds is 2. The van der Waals surface area contributed by atoms with Gasteiger partial charge in [-0.3, -0.25) is 0 Å². The highest BCUT2D eigenvalue weighted by molar-refractivity contribution is 6.12. The minimum absolute atomic E-state index is 0.510. The van der Waals surface area contributed by atoms with Crippen LogP contribution in [-0.4, -0.2) is 10.2 Å². The van der Waals surface area contributed by atoms with E-state index in [2.05, 4.69) is 48.4 Å². The second kappa shape index (κ2) is 3.72. The molecular formula is C10H13Si. The Bertz CT molecular complexity index is 230. The standard InChI is InChI=1S/C10H13Si/c1-3-10(11)9-7-5-4-6-8(9)2/h4-7,10H,3H2,1-2H3. The van der Waals surface area contributed by atoms with Gasteiger partial charge in [0.25, 0.3) is 0 Å². The molecule has 57 valence electrons. The quantitative estimate of drug-likeness (QED) is 0.585. The van der Waals surface area contributed by atoms with Gasteiger partial charge < -0.3 is 0 Å². The average molecular weight is 161 g/mol. The molecule has 0 aliphatic heterocycles. The Labute approximate surface area is 72.1 Å². The summed E-state index contributed by atoms with van der Waals surface area (Å²) >= 11 is 0. The van der Waals surface area contributed by atoms with Crippen LogP contribution in [0.1, 0.15) is 30.0 Å². The summed E-state index contributed by atoms with van der Waals surface area (Å²) in [6.07, 6.45) is 1.14. The summed E-state index contributed by atoms with van der Waals surface area (Å²) < 4.78 is 0. The molecular weight excluding hydrogens is 148 g/mol. The molecule has 1 rings (SSSR count). The molecule has 0 spiro atoms. The highest BCUT2D eigenvalue weighted by Crippen LogP contribution is 2.18. The van der Waals surface area contributed by atoms with E-state index in [1.54, 1.807) is 0 Å². The summed E-state index contributed by atoms with van der Waals surface area (Å²) in [5.41, 5.74) is 3.29. The molecule has 1 atom stereocenters. The maximum Gasteiger partial charge on any atom is 0.0331 e. The minimum atomic E-state index is 0.510. The first kappa shape index (κ1) is 8.53. The van der Waals surface area contributed by atoms with Crippen molar-refractivity contribution in [2.45, 2.75) is 25.8 Å². The molecule has 3 radical (unpaired) electrons. The van der Waals surface area contributed by atoms with Gasteiger partial charge in [0.1, 0.15) is 0 Å². The number of aryl methyl sites for hydroxylation is 1. The molecule has 0 fully saturated rings. The minimum Gasteiger partial charge on any atom is -0.0651 e. The van der Waals surface area contributed by atoms with E-state index in [9.17, 15) is 0 Å². The van der Waals surface area contributed by atoms with Gasteiger partial charge in [-0.2, -0.15) is 0 Å². The smallest absolute Gasteiger partial charge is 0.0331 e. The first-order chi connectivity index (χ1) is 5.25. The van der Waals surface area contributed by atoms with Crippen LogP contribution in [0.2, 0.25) is 0 Å². The molecule has 0 saturated carbocycles. The van der Waals surface area contributed by atoms with Gasteiger partial charge in [0.2, 0.25) is 0 Å². The van der Waals surface area contributed by atoms with Crippen LogP contribution in [0.15, 0.2) is 24.3 Å². The number of hydrogen-bond acceptors (Lipinski definition) is 0. The van der Waals surface area contributed by atoms with Crippen LogP contribution in [0, 0.1) is 6.92 Å². The maximum atomic E-state index is 3.69. The molecule has 1 heteroatoms. The number of hydrogen-bond donors (Lipinski definition) is 0. The van der Waals surface area contributed by atoms with E-state index in [1.165, 1.54) is 11.1 Å². The molecule has 0 amide bonds. The zero-order valence-corrected chi connectivity index (χ0v) is 8.09. The van der Waals surface area contributed by atoms with E-state index in [0.717, 1.165) is 6.42 Å². The fourth-order valence-electron chi connectivity index (χ4n) is 1.20. The molecule has 0 heterocycles. The lowest BCUT2D eigenvalue weighted by Gasteiger charge is -2.10. The molecule has 11 heavy (non-hydrogen) atoms. The fourth-order valence-corrected chi connectivity index (χ4v) is 1.52. The molecule has 1 aromatic carbocycles. The Balaban J connectivity index is 2.93. The summed E-state index contributed by atoms with van der Waals surface area (Å²) in [4.78, 5) is 0. The summed E-state index contributed by atoms with van der Waals surface area (Å²) in [7, 11) is 3.69. The van der Waals surface area contributed by atoms with Gasteiger partial charge >= 0.3 is 0 Å². The Morgan fingerprint density at radius 1 is 1.36 bits per heavy atom. The molecule has 1 aromatic rings. The molecule has 0 N–H and O–H groups in total. The molecule has 0 saturated heterocycles. The van der Waals surface area contributed by atoms with Crippen molar-refractivity contribution < 1.29 is 0 Å². The second-order valence-corrected chi connectivity index (χ2v) is 3.51. The van der Waals surface area contributed by atoms with Crippen molar-refractivity contribution >= 4 is 10.2 Å². The topological polar surface area (TPSA) is 0 Å². The monoisotopic (exact) mass is 161 g/mol. The highest BCUT2D eigenvalue weighted by atomic mass is 28.1. The van der Waals surface area contributed by atoms with E-state index in [0.29, 0.717) is 5.54 Å². The van der Waals surface area contributed by atoms with Crippen molar-refractivity contribution in [1.82, 2.24) is 0 Å². The Morgan fingerprint density at radius 3 is 2.55 bits per heavy atom. The first-order valence-corrected chi connectivity index (χ1v) is 4.60. The van der Waals surface area contributed by atoms with E-state index < -0.39 is 0 Å². The van der Waals surface area contributed by atoms with Gasteiger partial charge in [-0.25, -0.2) is 0 Å². The number of benzene rings is 1. The van der Waals surface area contributed by atoms with Crippen molar-refractivity contribution in [3.8, 4) is 0 Å². The Kier molecular flexibility index (Phi) is 2.89. The van der Waals surface area contributed by atoms with E-state index in [-0.39, 0.29) is 0 Å². The van der Waals surface area contributed by atoms with Gasteiger partial charge in [0, 0.05) is 10.2 Å². The SMILES string of the molecule is CCC([Si])c1ccccc1C. The zero-order valence-electron chi connectivity index (χ0n) is 7.09. The van der Waals surface area contributed by atoms with Gasteiger partial charge in [0.05, 0.1) is 0 Å². The van der Waals surface area contributed by atoms with Crippen molar-refractivity contribution in [2.24, 2.45) is 0 Å². The first-order valence-electron chi connectivity index (χ1n) is 4.02. The van der Waals surface area contributed by atoms with Crippen molar-refractivity contribution in [1.29, 1.82) is 0 Å². The van der Waals surface area contributed by atoms with Gasteiger partial charge in [0.15, 0.2) is 0 Å². The van der Waals surface area contributed by atoms with Crippen LogP contribution in [0.25, 0.3) is 0 Å². The predicted molar refractivity (Wildman–Crippen MR) is 50.0 cm³/mol. The summed E-state index contributed by atoms with van der Waals surface area (Å²) in [5, 5.41) is 0. The zero-order chi connectivity index (χ0) is 8.27. The summed E-state index contributed by atoms with van der Waals surface area (Å²) in [6.45, 7) is 4.34. The third kappa shape index (κ3) is 1.93. The van der Waals surface area contributed by atoms with Gasteiger partial charge in [-0.15, -0.1) is 0 Å². The maximum absolute atomic E-state index is 3.69. The van der Waals surface area contributed by atoms with Crippen LogP contribution in [-0.2, 0) is 0 Å². The third-order valence-electron chi connectivity index (χ3n) is 1.97. The van der Waals surface area contributed by atoms with Gasteiger partial charge in [-0.1, -0.05) is 37.6 Å². The van der Waals surface area contributed by atoms with Crippen LogP contribution in [0.3, 0.4) is 0 Å². The molecule has 0 aliphatic rings. The molecule has 0 aromatic heterocycles. The van der Waals surface area contributed by atoms with Crippen LogP contribution >= 0.6 is 0 Å². The van der Waals surface area contributed by atoms with E-state index in [4.69, 9.17) is 0 Å². The lowest BCUT2D eigenvalue weighted by Crippen LogP contribution is -1.98. The normalized spacial score (nSPS) is 13.0. The van der Waals surface area contributed by atoms with Crippen LogP contribution in [0.5, 0.6) is 0 Å². The lowest BCUT2D eigenvalue weighted by molar-refractivity contribution is 0.874. The van der Waals surface area contributed by atoms with Crippen molar-refractivity contribution in [3.63, 3.8) is 0 Å². The highest BCUT2D eigenvalue weighted by Gasteiger charge is 2.03. The predicted octanol–water partition coefficient (Wildman–Crippen LogP) is 2.61. The van der Waals surface area contributed by atoms with Crippen molar-refractivity contribution in [3.05, 3.63) is 35.4 Å². The Morgan fingerprint density at radius 2 is 2.00 bits per heavy atom. The largest absolute Gasteiger partial charge is 0.0651 e. The average Bonchev–Trinajstić information content (AvgIpc) is 2.04. The van der Waals surface area contributed by atoms with E-state index >= 15 is 0 Å². The van der Waals surface area contributed by atoms with Gasteiger partial charge in [-0.05, 0) is 23.6 Å². The Hall–Kier alpha value is -0.563. The van der Waals surface area contributed by atoms with E-state index in [1.807, 2.05) is 0 Å². The third-order valence-corrected chi connectivity index (χ3v) is 2.69. The molecule has 0 nitrogen and oxygen atoms in total. The molecule has 1 unspecified atom stereocenters. The fraction of sp³-hybridized carbons (Fsp3) is 0.400. The second-order valence-electron chi connectivity index (χ2n) is 2.82. The molecule has 0 bridgehead atoms.